The largest absolute Gasteiger partial charge is 0.356 e. The fraction of sp³-hybridized carbons (Fsp3) is 0.250. The quantitative estimate of drug-likeness (QED) is 0.483. The first-order chi connectivity index (χ1) is 6.81. The molecule has 72 valence electrons. The molecule has 0 spiro atoms. The Hall–Kier alpha value is -1.77. The molecule has 2 nitrogen and oxygen atoms in total. The molecule has 1 aliphatic carbocycles. The number of rotatable bonds is 2. The van der Waals surface area contributed by atoms with Crippen molar-refractivity contribution in [2.75, 3.05) is 13.2 Å². The zero-order valence-corrected chi connectivity index (χ0v) is 7.90. The third-order valence-electron chi connectivity index (χ3n) is 1.22. The second-order valence-electron chi connectivity index (χ2n) is 2.36. The van der Waals surface area contributed by atoms with E-state index in [1.54, 1.807) is 12.2 Å². The van der Waals surface area contributed by atoms with Gasteiger partial charge in [0.05, 0.1) is 0 Å². The van der Waals surface area contributed by atoms with Gasteiger partial charge in [0.15, 0.2) is 5.78 Å². The molecule has 14 heavy (non-hydrogen) atoms. The van der Waals surface area contributed by atoms with E-state index >= 15 is 0 Å². The lowest BCUT2D eigenvalue weighted by Gasteiger charge is -1.88. The van der Waals surface area contributed by atoms with E-state index in [4.69, 9.17) is 12.8 Å². The van der Waals surface area contributed by atoms with Gasteiger partial charge in [-0.05, 0) is 6.08 Å². The van der Waals surface area contributed by atoms with Crippen molar-refractivity contribution >= 4 is 5.78 Å². The second-order valence-corrected chi connectivity index (χ2v) is 2.36. The molecule has 0 saturated heterocycles. The van der Waals surface area contributed by atoms with E-state index in [0.717, 1.165) is 0 Å². The van der Waals surface area contributed by atoms with Crippen molar-refractivity contribution in [3.05, 3.63) is 24.3 Å². The van der Waals surface area contributed by atoms with Gasteiger partial charge in [0, 0.05) is 6.42 Å². The number of carbonyl (C=O) groups is 1. The summed E-state index contributed by atoms with van der Waals surface area (Å²) < 4.78 is 4.66. The molecule has 0 bridgehead atoms. The van der Waals surface area contributed by atoms with Crippen LogP contribution in [0, 0.1) is 24.7 Å². The van der Waals surface area contributed by atoms with Gasteiger partial charge in [0.25, 0.3) is 0 Å². The highest BCUT2D eigenvalue weighted by molar-refractivity contribution is 5.92. The third kappa shape index (κ3) is 8.33. The van der Waals surface area contributed by atoms with Crippen molar-refractivity contribution in [3.8, 4) is 24.7 Å². The number of ketones is 1. The number of hydrogen-bond acceptors (Lipinski definition) is 2. The standard InChI is InChI=1S/2C6H6O/c7-6-4-2-1-3-5-6;1-3-5-7-6-4-2/h1-4H,5H2;1-2H,5-6H2. The topological polar surface area (TPSA) is 26.3 Å². The summed E-state index contributed by atoms with van der Waals surface area (Å²) in [7, 11) is 0. The van der Waals surface area contributed by atoms with Crippen LogP contribution in [-0.2, 0) is 9.53 Å². The highest BCUT2D eigenvalue weighted by atomic mass is 16.5. The Morgan fingerprint density at radius 1 is 1.29 bits per heavy atom. The molecule has 0 unspecified atom stereocenters. The Labute approximate surface area is 84.6 Å². The molecule has 0 N–H and O–H groups in total. The summed E-state index contributed by atoms with van der Waals surface area (Å²) in [6.45, 7) is 0.619. The minimum atomic E-state index is 0.197. The van der Waals surface area contributed by atoms with Crippen molar-refractivity contribution in [3.63, 3.8) is 0 Å². The van der Waals surface area contributed by atoms with Gasteiger partial charge in [-0.2, -0.15) is 0 Å². The summed E-state index contributed by atoms with van der Waals surface area (Å²) in [4.78, 5) is 10.3. The number of ether oxygens (including phenoxy) is 1. The lowest BCUT2D eigenvalue weighted by Crippen LogP contribution is -1.90. The third-order valence-corrected chi connectivity index (χ3v) is 1.22. The zero-order chi connectivity index (χ0) is 10.6. The van der Waals surface area contributed by atoms with Gasteiger partial charge in [-0.1, -0.05) is 30.1 Å². The highest BCUT2D eigenvalue weighted by Gasteiger charge is 1.92. The number of allylic oxidation sites excluding steroid dienone is 4. The Morgan fingerprint density at radius 3 is 2.21 bits per heavy atom. The van der Waals surface area contributed by atoms with E-state index < -0.39 is 0 Å². The lowest BCUT2D eigenvalue weighted by molar-refractivity contribution is -0.113. The molecule has 0 heterocycles. The van der Waals surface area contributed by atoms with Gasteiger partial charge in [-0.3, -0.25) is 4.79 Å². The monoisotopic (exact) mass is 188 g/mol. The Morgan fingerprint density at radius 2 is 1.93 bits per heavy atom. The van der Waals surface area contributed by atoms with Crippen LogP contribution in [0.2, 0.25) is 0 Å². The summed E-state index contributed by atoms with van der Waals surface area (Å²) in [5.41, 5.74) is 0. The maximum Gasteiger partial charge on any atom is 0.159 e. The summed E-state index contributed by atoms with van der Waals surface area (Å²) in [5, 5.41) is 0. The average Bonchev–Trinajstić information content (AvgIpc) is 2.21. The Bertz CT molecular complexity index is 283. The lowest BCUT2D eigenvalue weighted by atomic mass is 10.2. The van der Waals surface area contributed by atoms with Crippen molar-refractivity contribution < 1.29 is 9.53 Å². The van der Waals surface area contributed by atoms with Crippen LogP contribution < -0.4 is 0 Å². The van der Waals surface area contributed by atoms with Crippen LogP contribution >= 0.6 is 0 Å². The maximum absolute atomic E-state index is 10.3. The van der Waals surface area contributed by atoms with Gasteiger partial charge in [-0.25, -0.2) is 0 Å². The molecule has 0 aliphatic heterocycles. The molecule has 0 aromatic heterocycles. The molecule has 1 aliphatic rings. The van der Waals surface area contributed by atoms with Crippen LogP contribution in [0.4, 0.5) is 0 Å². The van der Waals surface area contributed by atoms with Crippen molar-refractivity contribution in [1.82, 2.24) is 0 Å². The molecule has 1 rings (SSSR count). The SMILES string of the molecule is C#CCOCC#C.O=C1C=CC=CC1. The summed E-state index contributed by atoms with van der Waals surface area (Å²) in [6, 6.07) is 0. The fourth-order valence-electron chi connectivity index (χ4n) is 0.663. The van der Waals surface area contributed by atoms with Crippen molar-refractivity contribution in [2.45, 2.75) is 6.42 Å². The van der Waals surface area contributed by atoms with Crippen LogP contribution in [0.1, 0.15) is 6.42 Å². The molecule has 0 saturated carbocycles. The van der Waals surface area contributed by atoms with Crippen molar-refractivity contribution in [2.24, 2.45) is 0 Å². The van der Waals surface area contributed by atoms with Crippen LogP contribution in [0.3, 0.4) is 0 Å². The minimum absolute atomic E-state index is 0.197. The fourth-order valence-corrected chi connectivity index (χ4v) is 0.663. The Kier molecular flexibility index (Phi) is 8.14. The normalized spacial score (nSPS) is 12.3. The van der Waals surface area contributed by atoms with Gasteiger partial charge < -0.3 is 4.74 Å². The molecule has 0 radical (unpaired) electrons. The molecule has 0 atom stereocenters. The first-order valence-electron chi connectivity index (χ1n) is 4.12. The van der Waals surface area contributed by atoms with Gasteiger partial charge in [0.1, 0.15) is 13.2 Å². The average molecular weight is 188 g/mol. The number of hydrogen-bond donors (Lipinski definition) is 0. The van der Waals surface area contributed by atoms with Gasteiger partial charge in [-0.15, -0.1) is 12.8 Å². The predicted molar refractivity (Wildman–Crippen MR) is 56.4 cm³/mol. The molecule has 2 heteroatoms. The molecule has 0 fully saturated rings. The van der Waals surface area contributed by atoms with Crippen molar-refractivity contribution in [1.29, 1.82) is 0 Å². The smallest absolute Gasteiger partial charge is 0.159 e. The highest BCUT2D eigenvalue weighted by Crippen LogP contribution is 1.94. The van der Waals surface area contributed by atoms with Gasteiger partial charge in [0.2, 0.25) is 0 Å². The first-order valence-corrected chi connectivity index (χ1v) is 4.12. The molecular weight excluding hydrogens is 176 g/mol. The maximum atomic E-state index is 10.3. The van der Waals surface area contributed by atoms with E-state index in [9.17, 15) is 4.79 Å². The Balaban J connectivity index is 0.000000241. The summed E-state index contributed by atoms with van der Waals surface area (Å²) in [6.07, 6.45) is 17.3. The predicted octanol–water partition coefficient (Wildman–Crippen LogP) is 1.34. The summed E-state index contributed by atoms with van der Waals surface area (Å²) in [5.74, 6) is 4.77. The number of carbonyl (C=O) groups excluding carboxylic acids is 1. The van der Waals surface area contributed by atoms with E-state index in [1.165, 1.54) is 0 Å². The van der Waals surface area contributed by atoms with Crippen LogP contribution in [0.25, 0.3) is 0 Å². The first kappa shape index (κ1) is 12.2. The van der Waals surface area contributed by atoms with E-state index in [2.05, 4.69) is 16.6 Å². The number of terminal acetylenes is 2. The minimum Gasteiger partial charge on any atom is -0.356 e. The second kappa shape index (κ2) is 9.32. The molecule has 0 aromatic carbocycles. The van der Waals surface area contributed by atoms with E-state index in [-0.39, 0.29) is 5.78 Å². The van der Waals surface area contributed by atoms with E-state index in [0.29, 0.717) is 19.6 Å². The summed E-state index contributed by atoms with van der Waals surface area (Å²) >= 11 is 0. The molecule has 0 amide bonds. The van der Waals surface area contributed by atoms with E-state index in [1.807, 2.05) is 12.2 Å². The van der Waals surface area contributed by atoms with Crippen LogP contribution in [-0.4, -0.2) is 19.0 Å². The van der Waals surface area contributed by atoms with Crippen LogP contribution in [0.5, 0.6) is 0 Å². The van der Waals surface area contributed by atoms with Gasteiger partial charge >= 0.3 is 0 Å². The molecular formula is C12H12O2. The van der Waals surface area contributed by atoms with Crippen LogP contribution in [0.15, 0.2) is 24.3 Å². The molecule has 0 aromatic rings. The zero-order valence-electron chi connectivity index (χ0n) is 7.90.